The van der Waals surface area contributed by atoms with E-state index in [1.807, 2.05) is 6.07 Å². The molecule has 2 aromatic rings. The zero-order valence-electron chi connectivity index (χ0n) is 13.4. The van der Waals surface area contributed by atoms with Crippen molar-refractivity contribution in [3.05, 3.63) is 28.4 Å². The molecule has 2 aliphatic rings. The van der Waals surface area contributed by atoms with Crippen molar-refractivity contribution in [2.45, 2.75) is 25.5 Å². The van der Waals surface area contributed by atoms with Gasteiger partial charge in [0.2, 0.25) is 0 Å². The van der Waals surface area contributed by atoms with Gasteiger partial charge in [0.1, 0.15) is 0 Å². The Morgan fingerprint density at radius 3 is 2.75 bits per heavy atom. The summed E-state index contributed by atoms with van der Waals surface area (Å²) in [6.07, 6.45) is 4.45. The van der Waals surface area contributed by atoms with Crippen molar-refractivity contribution < 1.29 is 14.4 Å². The number of morpholine rings is 1. The quantitative estimate of drug-likeness (QED) is 0.634. The lowest BCUT2D eigenvalue weighted by atomic mass is 10.1. The second-order valence-electron chi connectivity index (χ2n) is 6.16. The van der Waals surface area contributed by atoms with Gasteiger partial charge in [-0.1, -0.05) is 0 Å². The second-order valence-corrected chi connectivity index (χ2v) is 6.16. The smallest absolute Gasteiger partial charge is 0.282 e. The van der Waals surface area contributed by atoms with E-state index < -0.39 is 0 Å². The zero-order valence-corrected chi connectivity index (χ0v) is 13.4. The number of nitro benzene ring substituents is 1. The summed E-state index contributed by atoms with van der Waals surface area (Å²) in [4.78, 5) is 13.3. The van der Waals surface area contributed by atoms with Crippen LogP contribution in [0.5, 0.6) is 0 Å². The first-order chi connectivity index (χ1) is 11.7. The molecule has 128 valence electrons. The molecule has 24 heavy (non-hydrogen) atoms. The average molecular weight is 332 g/mol. The first-order valence-corrected chi connectivity index (χ1v) is 8.34. The number of ether oxygens (including phenoxy) is 2. The highest BCUT2D eigenvalue weighted by atomic mass is 16.6. The Hall–Kier alpha value is -2.19. The third-order valence-corrected chi connectivity index (χ3v) is 4.68. The van der Waals surface area contributed by atoms with Crippen molar-refractivity contribution in [2.75, 3.05) is 37.8 Å². The predicted molar refractivity (Wildman–Crippen MR) is 88.3 cm³/mol. The molecule has 2 fully saturated rings. The number of non-ortho nitro benzene ring substituents is 1. The number of benzene rings is 1. The van der Waals surface area contributed by atoms with Gasteiger partial charge >= 0.3 is 0 Å². The van der Waals surface area contributed by atoms with Gasteiger partial charge in [0, 0.05) is 31.5 Å². The number of nitrogens with zero attached hydrogens (tertiary/aromatic N) is 4. The molecule has 3 heterocycles. The van der Waals surface area contributed by atoms with Crippen LogP contribution in [0.15, 0.2) is 18.3 Å². The van der Waals surface area contributed by atoms with Crippen LogP contribution in [0.4, 0.5) is 11.4 Å². The highest BCUT2D eigenvalue weighted by Gasteiger charge is 2.24. The Kier molecular flexibility index (Phi) is 4.07. The molecule has 0 bridgehead atoms. The van der Waals surface area contributed by atoms with Crippen LogP contribution in [0.3, 0.4) is 0 Å². The number of anilines is 1. The molecule has 0 aliphatic carbocycles. The van der Waals surface area contributed by atoms with E-state index in [2.05, 4.69) is 10.00 Å². The first-order valence-electron chi connectivity index (χ1n) is 8.34. The molecular weight excluding hydrogens is 312 g/mol. The molecule has 0 amide bonds. The molecule has 1 unspecified atom stereocenters. The summed E-state index contributed by atoms with van der Waals surface area (Å²) < 4.78 is 13.0. The van der Waals surface area contributed by atoms with Gasteiger partial charge in [-0.3, -0.25) is 10.1 Å². The van der Waals surface area contributed by atoms with Gasteiger partial charge in [-0.05, 0) is 25.3 Å². The summed E-state index contributed by atoms with van der Waals surface area (Å²) in [5.41, 5.74) is 1.70. The van der Waals surface area contributed by atoms with Crippen LogP contribution in [0.1, 0.15) is 25.5 Å². The third kappa shape index (κ3) is 2.71. The van der Waals surface area contributed by atoms with Gasteiger partial charge in [0.15, 0.2) is 6.23 Å². The molecule has 4 rings (SSSR count). The van der Waals surface area contributed by atoms with E-state index in [-0.39, 0.29) is 16.8 Å². The Morgan fingerprint density at radius 2 is 2.04 bits per heavy atom. The van der Waals surface area contributed by atoms with Crippen molar-refractivity contribution in [1.29, 1.82) is 0 Å². The Bertz CT molecular complexity index is 748. The number of aromatic nitrogens is 2. The zero-order chi connectivity index (χ0) is 16.5. The highest BCUT2D eigenvalue weighted by Crippen LogP contribution is 2.34. The van der Waals surface area contributed by atoms with Gasteiger partial charge in [0.25, 0.3) is 5.69 Å². The molecule has 1 atom stereocenters. The van der Waals surface area contributed by atoms with Crippen molar-refractivity contribution in [1.82, 2.24) is 9.78 Å². The number of rotatable bonds is 3. The van der Waals surface area contributed by atoms with Gasteiger partial charge in [-0.2, -0.15) is 5.10 Å². The van der Waals surface area contributed by atoms with E-state index in [0.717, 1.165) is 43.6 Å². The molecule has 8 heteroatoms. The Morgan fingerprint density at radius 1 is 1.21 bits per heavy atom. The standard InChI is InChI=1S/C16H20N4O4/c21-20(22)15-10-12(18-4-7-23-8-5-18)9-14-13(15)11-17-19(14)16-3-1-2-6-24-16/h9-11,16H,1-8H2. The normalized spacial score (nSPS) is 22.0. The van der Waals surface area contributed by atoms with Crippen LogP contribution >= 0.6 is 0 Å². The number of hydrogen-bond donors (Lipinski definition) is 0. The topological polar surface area (TPSA) is 82.7 Å². The Balaban J connectivity index is 1.80. The lowest BCUT2D eigenvalue weighted by molar-refractivity contribution is -0.383. The summed E-state index contributed by atoms with van der Waals surface area (Å²) in [6, 6.07) is 3.63. The minimum Gasteiger partial charge on any atom is -0.378 e. The fourth-order valence-corrected chi connectivity index (χ4v) is 3.41. The summed E-state index contributed by atoms with van der Waals surface area (Å²) >= 11 is 0. The number of fused-ring (bicyclic) bond motifs is 1. The summed E-state index contributed by atoms with van der Waals surface area (Å²) in [5.74, 6) is 0. The van der Waals surface area contributed by atoms with Crippen LogP contribution in [0.25, 0.3) is 10.9 Å². The lowest BCUT2D eigenvalue weighted by Gasteiger charge is -2.29. The maximum atomic E-state index is 11.5. The molecule has 0 saturated carbocycles. The largest absolute Gasteiger partial charge is 0.378 e. The second kappa shape index (κ2) is 6.37. The van der Waals surface area contributed by atoms with Gasteiger partial charge in [-0.15, -0.1) is 0 Å². The fraction of sp³-hybridized carbons (Fsp3) is 0.562. The molecule has 0 N–H and O–H groups in total. The molecule has 2 aliphatic heterocycles. The van der Waals surface area contributed by atoms with E-state index in [0.29, 0.717) is 25.2 Å². The molecule has 0 spiro atoms. The minimum atomic E-state index is -0.333. The van der Waals surface area contributed by atoms with Crippen LogP contribution in [-0.4, -0.2) is 47.6 Å². The SMILES string of the molecule is O=[N+]([O-])c1cc(N2CCOCC2)cc2c1cnn2C1CCCCO1. The molecular formula is C16H20N4O4. The monoisotopic (exact) mass is 332 g/mol. The maximum absolute atomic E-state index is 11.5. The fourth-order valence-electron chi connectivity index (χ4n) is 3.41. The molecule has 1 aromatic carbocycles. The van der Waals surface area contributed by atoms with E-state index >= 15 is 0 Å². The summed E-state index contributed by atoms with van der Waals surface area (Å²) in [5, 5.41) is 16.5. The van der Waals surface area contributed by atoms with Gasteiger partial charge < -0.3 is 14.4 Å². The van der Waals surface area contributed by atoms with E-state index in [4.69, 9.17) is 9.47 Å². The molecule has 1 aromatic heterocycles. The van der Waals surface area contributed by atoms with Crippen molar-refractivity contribution in [3.8, 4) is 0 Å². The number of nitro groups is 1. The van der Waals surface area contributed by atoms with Gasteiger partial charge in [0.05, 0.1) is 35.2 Å². The lowest BCUT2D eigenvalue weighted by Crippen LogP contribution is -2.36. The van der Waals surface area contributed by atoms with E-state index in [1.165, 1.54) is 0 Å². The Labute approximate surface area is 139 Å². The van der Waals surface area contributed by atoms with Crippen molar-refractivity contribution >= 4 is 22.3 Å². The number of hydrogen-bond acceptors (Lipinski definition) is 6. The van der Waals surface area contributed by atoms with Crippen LogP contribution in [0.2, 0.25) is 0 Å². The molecule has 2 saturated heterocycles. The minimum absolute atomic E-state index is 0.0936. The van der Waals surface area contributed by atoms with Crippen LogP contribution < -0.4 is 4.90 Å². The van der Waals surface area contributed by atoms with E-state index in [9.17, 15) is 10.1 Å². The van der Waals surface area contributed by atoms with Gasteiger partial charge in [-0.25, -0.2) is 4.68 Å². The third-order valence-electron chi connectivity index (χ3n) is 4.68. The van der Waals surface area contributed by atoms with E-state index in [1.54, 1.807) is 16.9 Å². The maximum Gasteiger partial charge on any atom is 0.282 e. The van der Waals surface area contributed by atoms with Crippen molar-refractivity contribution in [3.63, 3.8) is 0 Å². The van der Waals surface area contributed by atoms with Crippen LogP contribution in [-0.2, 0) is 9.47 Å². The highest BCUT2D eigenvalue weighted by molar-refractivity contribution is 5.91. The van der Waals surface area contributed by atoms with Crippen LogP contribution in [0, 0.1) is 10.1 Å². The molecule has 0 radical (unpaired) electrons. The average Bonchev–Trinajstić information content (AvgIpc) is 3.06. The first kappa shape index (κ1) is 15.3. The predicted octanol–water partition coefficient (Wildman–Crippen LogP) is 2.48. The summed E-state index contributed by atoms with van der Waals surface area (Å²) in [6.45, 7) is 3.44. The van der Waals surface area contributed by atoms with Crippen molar-refractivity contribution in [2.24, 2.45) is 0 Å². The molecule has 8 nitrogen and oxygen atoms in total. The summed E-state index contributed by atoms with van der Waals surface area (Å²) in [7, 11) is 0.